The minimum atomic E-state index is -0.265. The van der Waals surface area contributed by atoms with Crippen LogP contribution >= 0.6 is 11.8 Å². The van der Waals surface area contributed by atoms with Crippen LogP contribution in [0, 0.1) is 0 Å². The molecule has 1 heterocycles. The van der Waals surface area contributed by atoms with Gasteiger partial charge in [-0.15, -0.1) is 0 Å². The first-order valence-corrected chi connectivity index (χ1v) is 8.40. The Morgan fingerprint density at radius 1 is 1.17 bits per heavy atom. The number of esters is 1. The zero-order valence-electron chi connectivity index (χ0n) is 13.1. The SMILES string of the molecule is CCC(Sc1nc2ccccc2n1-c1ccccc1)C(=O)OC. The van der Waals surface area contributed by atoms with Gasteiger partial charge in [0.1, 0.15) is 5.25 Å². The van der Waals surface area contributed by atoms with E-state index in [0.29, 0.717) is 6.42 Å². The van der Waals surface area contributed by atoms with E-state index in [4.69, 9.17) is 9.72 Å². The van der Waals surface area contributed by atoms with E-state index in [0.717, 1.165) is 21.9 Å². The van der Waals surface area contributed by atoms with Gasteiger partial charge in [-0.2, -0.15) is 0 Å². The number of rotatable bonds is 5. The quantitative estimate of drug-likeness (QED) is 0.524. The Kier molecular flexibility index (Phi) is 4.67. The van der Waals surface area contributed by atoms with Crippen LogP contribution in [0.1, 0.15) is 13.3 Å². The Balaban J connectivity index is 2.11. The lowest BCUT2D eigenvalue weighted by Gasteiger charge is -2.13. The van der Waals surface area contributed by atoms with Gasteiger partial charge in [0.15, 0.2) is 5.16 Å². The van der Waals surface area contributed by atoms with E-state index in [-0.39, 0.29) is 11.2 Å². The topological polar surface area (TPSA) is 44.1 Å². The van der Waals surface area contributed by atoms with Crippen molar-refractivity contribution in [3.05, 3.63) is 54.6 Å². The largest absolute Gasteiger partial charge is 0.468 e. The summed E-state index contributed by atoms with van der Waals surface area (Å²) in [4.78, 5) is 16.6. The molecule has 4 nitrogen and oxygen atoms in total. The molecule has 3 aromatic rings. The Labute approximate surface area is 139 Å². The molecule has 118 valence electrons. The lowest BCUT2D eigenvalue weighted by molar-refractivity contribution is -0.140. The van der Waals surface area contributed by atoms with Gasteiger partial charge in [0.25, 0.3) is 0 Å². The second kappa shape index (κ2) is 6.87. The van der Waals surface area contributed by atoms with Crippen molar-refractivity contribution in [1.82, 2.24) is 9.55 Å². The number of carbonyl (C=O) groups excluding carboxylic acids is 1. The monoisotopic (exact) mass is 326 g/mol. The van der Waals surface area contributed by atoms with Crippen molar-refractivity contribution in [2.24, 2.45) is 0 Å². The van der Waals surface area contributed by atoms with E-state index in [1.807, 2.05) is 61.5 Å². The molecule has 0 N–H and O–H groups in total. The van der Waals surface area contributed by atoms with Crippen LogP contribution < -0.4 is 0 Å². The molecule has 5 heteroatoms. The van der Waals surface area contributed by atoms with Crippen LogP contribution in [0.3, 0.4) is 0 Å². The molecule has 0 radical (unpaired) electrons. The number of methoxy groups -OCH3 is 1. The van der Waals surface area contributed by atoms with E-state index >= 15 is 0 Å². The van der Waals surface area contributed by atoms with Crippen molar-refractivity contribution in [2.45, 2.75) is 23.8 Å². The van der Waals surface area contributed by atoms with Crippen molar-refractivity contribution >= 4 is 28.8 Å². The zero-order valence-corrected chi connectivity index (χ0v) is 13.9. The molecule has 0 aliphatic heterocycles. The van der Waals surface area contributed by atoms with Crippen LogP contribution in [0.25, 0.3) is 16.7 Å². The first-order chi connectivity index (χ1) is 11.2. The number of benzene rings is 2. The van der Waals surface area contributed by atoms with E-state index in [2.05, 4.69) is 4.57 Å². The van der Waals surface area contributed by atoms with Gasteiger partial charge in [-0.3, -0.25) is 9.36 Å². The highest BCUT2D eigenvalue weighted by molar-refractivity contribution is 8.00. The number of aromatic nitrogens is 2. The van der Waals surface area contributed by atoms with Gasteiger partial charge >= 0.3 is 5.97 Å². The van der Waals surface area contributed by atoms with E-state index in [1.54, 1.807) is 0 Å². The van der Waals surface area contributed by atoms with E-state index < -0.39 is 0 Å². The normalized spacial score (nSPS) is 12.3. The van der Waals surface area contributed by atoms with Crippen LogP contribution in [0.4, 0.5) is 0 Å². The summed E-state index contributed by atoms with van der Waals surface area (Å²) >= 11 is 1.45. The fraction of sp³-hybridized carbons (Fsp3) is 0.222. The van der Waals surface area contributed by atoms with Gasteiger partial charge in [-0.25, -0.2) is 4.98 Å². The number of fused-ring (bicyclic) bond motifs is 1. The number of hydrogen-bond acceptors (Lipinski definition) is 4. The Morgan fingerprint density at radius 3 is 2.57 bits per heavy atom. The predicted octanol–water partition coefficient (Wildman–Crippen LogP) is 4.07. The predicted molar refractivity (Wildman–Crippen MR) is 93.0 cm³/mol. The van der Waals surface area contributed by atoms with Crippen LogP contribution in [-0.2, 0) is 9.53 Å². The van der Waals surface area contributed by atoms with Crippen molar-refractivity contribution in [3.63, 3.8) is 0 Å². The summed E-state index contributed by atoms with van der Waals surface area (Å²) in [7, 11) is 1.42. The minimum absolute atomic E-state index is 0.218. The molecule has 0 spiro atoms. The molecule has 1 aromatic heterocycles. The summed E-state index contributed by atoms with van der Waals surface area (Å²) < 4.78 is 6.99. The van der Waals surface area contributed by atoms with Crippen molar-refractivity contribution in [1.29, 1.82) is 0 Å². The lowest BCUT2D eigenvalue weighted by Crippen LogP contribution is -2.18. The molecule has 0 saturated carbocycles. The smallest absolute Gasteiger partial charge is 0.319 e. The number of thioether (sulfide) groups is 1. The number of hydrogen-bond donors (Lipinski definition) is 0. The zero-order chi connectivity index (χ0) is 16.2. The Morgan fingerprint density at radius 2 is 1.87 bits per heavy atom. The molecular weight excluding hydrogens is 308 g/mol. The third-order valence-electron chi connectivity index (χ3n) is 3.63. The van der Waals surface area contributed by atoms with Gasteiger partial charge in [0, 0.05) is 5.69 Å². The third kappa shape index (κ3) is 3.10. The summed E-state index contributed by atoms with van der Waals surface area (Å²) in [6, 6.07) is 18.0. The van der Waals surface area contributed by atoms with Gasteiger partial charge in [0.2, 0.25) is 0 Å². The highest BCUT2D eigenvalue weighted by Gasteiger charge is 2.22. The fourth-order valence-corrected chi connectivity index (χ4v) is 3.54. The van der Waals surface area contributed by atoms with Crippen LogP contribution in [0.15, 0.2) is 59.8 Å². The maximum absolute atomic E-state index is 11.9. The molecule has 0 fully saturated rings. The number of para-hydroxylation sites is 3. The summed E-state index contributed by atoms with van der Waals surface area (Å²) in [6.45, 7) is 1.98. The number of nitrogens with zero attached hydrogens (tertiary/aromatic N) is 2. The van der Waals surface area contributed by atoms with Gasteiger partial charge in [-0.1, -0.05) is 49.0 Å². The fourth-order valence-electron chi connectivity index (χ4n) is 2.47. The summed E-state index contributed by atoms with van der Waals surface area (Å²) in [6.07, 6.45) is 0.690. The molecule has 0 aliphatic rings. The van der Waals surface area contributed by atoms with Crippen molar-refractivity contribution in [3.8, 4) is 5.69 Å². The third-order valence-corrected chi connectivity index (χ3v) is 4.92. The van der Waals surface area contributed by atoms with Gasteiger partial charge in [0.05, 0.1) is 18.1 Å². The molecule has 0 aliphatic carbocycles. The van der Waals surface area contributed by atoms with Crippen LogP contribution in [0.5, 0.6) is 0 Å². The molecule has 1 atom stereocenters. The Hall–Kier alpha value is -2.27. The number of imidazole rings is 1. The molecule has 0 amide bonds. The van der Waals surface area contributed by atoms with Crippen molar-refractivity contribution in [2.75, 3.05) is 7.11 Å². The van der Waals surface area contributed by atoms with Gasteiger partial charge < -0.3 is 4.74 Å². The number of carbonyl (C=O) groups is 1. The first kappa shape index (κ1) is 15.6. The molecule has 1 unspecified atom stereocenters. The average molecular weight is 326 g/mol. The van der Waals surface area contributed by atoms with E-state index in [1.165, 1.54) is 18.9 Å². The molecule has 3 rings (SSSR count). The second-order valence-corrected chi connectivity index (χ2v) is 6.26. The summed E-state index contributed by atoms with van der Waals surface area (Å²) in [5.41, 5.74) is 2.97. The second-order valence-electron chi connectivity index (χ2n) is 5.09. The summed E-state index contributed by atoms with van der Waals surface area (Å²) in [5.74, 6) is -0.218. The average Bonchev–Trinajstić information content (AvgIpc) is 2.97. The van der Waals surface area contributed by atoms with Crippen LogP contribution in [0.2, 0.25) is 0 Å². The summed E-state index contributed by atoms with van der Waals surface area (Å²) in [5, 5.41) is 0.536. The molecule has 0 bridgehead atoms. The number of ether oxygens (including phenoxy) is 1. The molecule has 2 aromatic carbocycles. The standard InChI is InChI=1S/C18H18N2O2S/c1-3-16(17(21)22-2)23-18-19-14-11-7-8-12-15(14)20(18)13-9-5-4-6-10-13/h4-12,16H,3H2,1-2H3. The molecule has 23 heavy (non-hydrogen) atoms. The highest BCUT2D eigenvalue weighted by Crippen LogP contribution is 2.31. The lowest BCUT2D eigenvalue weighted by atomic mass is 10.3. The molecular formula is C18H18N2O2S. The highest BCUT2D eigenvalue weighted by atomic mass is 32.2. The van der Waals surface area contributed by atoms with E-state index in [9.17, 15) is 4.79 Å². The Bertz CT molecular complexity index is 814. The molecule has 0 saturated heterocycles. The van der Waals surface area contributed by atoms with Gasteiger partial charge in [-0.05, 0) is 30.7 Å². The maximum atomic E-state index is 11.9. The van der Waals surface area contributed by atoms with Crippen LogP contribution in [-0.4, -0.2) is 27.9 Å². The first-order valence-electron chi connectivity index (χ1n) is 7.52. The minimum Gasteiger partial charge on any atom is -0.468 e. The maximum Gasteiger partial charge on any atom is 0.319 e. The van der Waals surface area contributed by atoms with Crippen molar-refractivity contribution < 1.29 is 9.53 Å².